The summed E-state index contributed by atoms with van der Waals surface area (Å²) in [5, 5.41) is 19.1. The summed E-state index contributed by atoms with van der Waals surface area (Å²) in [5.74, 6) is 0. The molecule has 2 amide bonds. The Morgan fingerprint density at radius 1 is 1.60 bits per heavy atom. The molecule has 0 fully saturated rings. The minimum Gasteiger partial charge on any atom is -0.386 e. The van der Waals surface area contributed by atoms with Gasteiger partial charge in [0.05, 0.1) is 18.0 Å². The zero-order chi connectivity index (χ0) is 14.5. The van der Waals surface area contributed by atoms with Crippen molar-refractivity contribution in [3.05, 3.63) is 41.4 Å². The molecular weight excluding hydrogens is 282 g/mol. The molecule has 2 aromatic heterocycles. The Labute approximate surface area is 120 Å². The van der Waals surface area contributed by atoms with Crippen LogP contribution >= 0.6 is 11.6 Å². The van der Waals surface area contributed by atoms with E-state index in [0.29, 0.717) is 11.3 Å². The zero-order valence-corrected chi connectivity index (χ0v) is 11.5. The SMILES string of the molecule is Cn1cc(C(O)CNC(=O)Nc2cccnc2Cl)cn1. The Balaban J connectivity index is 1.85. The van der Waals surface area contributed by atoms with E-state index in [1.807, 2.05) is 0 Å². The van der Waals surface area contributed by atoms with Crippen molar-refractivity contribution in [1.82, 2.24) is 20.1 Å². The number of nitrogens with zero attached hydrogens (tertiary/aromatic N) is 3. The van der Waals surface area contributed by atoms with Crippen LogP contribution in [0.15, 0.2) is 30.7 Å². The molecule has 0 radical (unpaired) electrons. The third-order valence-corrected chi connectivity index (χ3v) is 2.87. The number of anilines is 1. The van der Waals surface area contributed by atoms with Crippen LogP contribution in [0.2, 0.25) is 5.15 Å². The van der Waals surface area contributed by atoms with Gasteiger partial charge < -0.3 is 15.7 Å². The van der Waals surface area contributed by atoms with Crippen LogP contribution in [0.25, 0.3) is 0 Å². The second-order valence-electron chi connectivity index (χ2n) is 4.14. The van der Waals surface area contributed by atoms with E-state index < -0.39 is 12.1 Å². The predicted molar refractivity (Wildman–Crippen MR) is 74.4 cm³/mol. The molecule has 0 aromatic carbocycles. The molecule has 0 saturated heterocycles. The summed E-state index contributed by atoms with van der Waals surface area (Å²) in [5.41, 5.74) is 1.04. The molecule has 0 bridgehead atoms. The summed E-state index contributed by atoms with van der Waals surface area (Å²) < 4.78 is 1.58. The molecule has 0 aliphatic rings. The van der Waals surface area contributed by atoms with Gasteiger partial charge in [0.1, 0.15) is 0 Å². The highest BCUT2D eigenvalue weighted by Gasteiger charge is 2.12. The van der Waals surface area contributed by atoms with Gasteiger partial charge >= 0.3 is 6.03 Å². The lowest BCUT2D eigenvalue weighted by atomic mass is 10.2. The van der Waals surface area contributed by atoms with E-state index in [1.54, 1.807) is 36.3 Å². The number of hydrogen-bond acceptors (Lipinski definition) is 4. The maximum atomic E-state index is 11.7. The number of pyridine rings is 1. The molecule has 106 valence electrons. The first kappa shape index (κ1) is 14.3. The third kappa shape index (κ3) is 3.69. The first-order chi connectivity index (χ1) is 9.56. The Morgan fingerprint density at radius 3 is 3.05 bits per heavy atom. The minimum absolute atomic E-state index is 0.0649. The summed E-state index contributed by atoms with van der Waals surface area (Å²) >= 11 is 5.82. The van der Waals surface area contributed by atoms with Crippen molar-refractivity contribution >= 4 is 23.3 Å². The standard InChI is InChI=1S/C12H14ClN5O2/c1-18-7-8(5-16-18)10(19)6-15-12(20)17-9-3-2-4-14-11(9)13/h2-5,7,10,19H,6H2,1H3,(H2,15,17,20). The van der Waals surface area contributed by atoms with E-state index in [1.165, 1.54) is 6.20 Å². The van der Waals surface area contributed by atoms with Crippen molar-refractivity contribution in [2.24, 2.45) is 7.05 Å². The minimum atomic E-state index is -0.821. The van der Waals surface area contributed by atoms with Crippen LogP contribution in [0.1, 0.15) is 11.7 Å². The number of halogens is 1. The molecule has 1 atom stereocenters. The van der Waals surface area contributed by atoms with Gasteiger partial charge in [-0.15, -0.1) is 0 Å². The van der Waals surface area contributed by atoms with Crippen molar-refractivity contribution < 1.29 is 9.90 Å². The van der Waals surface area contributed by atoms with Crippen LogP contribution < -0.4 is 10.6 Å². The van der Waals surface area contributed by atoms with Gasteiger partial charge in [-0.25, -0.2) is 9.78 Å². The van der Waals surface area contributed by atoms with Crippen molar-refractivity contribution in [3.8, 4) is 0 Å². The number of carbonyl (C=O) groups excluding carboxylic acids is 1. The summed E-state index contributed by atoms with van der Waals surface area (Å²) in [6.45, 7) is 0.0649. The molecule has 2 heterocycles. The van der Waals surface area contributed by atoms with Crippen LogP contribution in [0.4, 0.5) is 10.5 Å². The van der Waals surface area contributed by atoms with Crippen LogP contribution in [-0.2, 0) is 7.05 Å². The van der Waals surface area contributed by atoms with Gasteiger partial charge in [0, 0.05) is 31.5 Å². The Bertz CT molecular complexity index is 601. The number of aryl methyl sites for hydroxylation is 1. The Hall–Kier alpha value is -2.12. The van der Waals surface area contributed by atoms with Gasteiger partial charge in [-0.3, -0.25) is 4.68 Å². The van der Waals surface area contributed by atoms with Gasteiger partial charge in [0.25, 0.3) is 0 Å². The van der Waals surface area contributed by atoms with Gasteiger partial charge in [-0.1, -0.05) is 11.6 Å². The number of nitrogens with one attached hydrogen (secondary N) is 2. The molecule has 20 heavy (non-hydrogen) atoms. The summed E-state index contributed by atoms with van der Waals surface area (Å²) in [6, 6.07) is 2.82. The number of amides is 2. The fourth-order valence-electron chi connectivity index (χ4n) is 1.57. The molecule has 0 spiro atoms. The highest BCUT2D eigenvalue weighted by atomic mass is 35.5. The average Bonchev–Trinajstić information content (AvgIpc) is 2.85. The van der Waals surface area contributed by atoms with Crippen LogP contribution in [0.5, 0.6) is 0 Å². The largest absolute Gasteiger partial charge is 0.386 e. The number of rotatable bonds is 4. The second kappa shape index (κ2) is 6.36. The number of aliphatic hydroxyl groups excluding tert-OH is 1. The van der Waals surface area contributed by atoms with Crippen molar-refractivity contribution in [2.45, 2.75) is 6.10 Å². The second-order valence-corrected chi connectivity index (χ2v) is 4.50. The maximum Gasteiger partial charge on any atom is 0.319 e. The monoisotopic (exact) mass is 295 g/mol. The van der Waals surface area contributed by atoms with Crippen LogP contribution in [0, 0.1) is 0 Å². The molecular formula is C12H14ClN5O2. The average molecular weight is 296 g/mol. The number of hydrogen-bond donors (Lipinski definition) is 3. The van der Waals surface area contributed by atoms with E-state index >= 15 is 0 Å². The smallest absolute Gasteiger partial charge is 0.319 e. The van der Waals surface area contributed by atoms with E-state index in [0.717, 1.165) is 0 Å². The van der Waals surface area contributed by atoms with E-state index in [9.17, 15) is 9.90 Å². The van der Waals surface area contributed by atoms with Crippen LogP contribution in [-0.4, -0.2) is 32.4 Å². The highest BCUT2D eigenvalue weighted by molar-refractivity contribution is 6.32. The Morgan fingerprint density at radius 2 is 2.40 bits per heavy atom. The maximum absolute atomic E-state index is 11.7. The predicted octanol–water partition coefficient (Wildman–Crippen LogP) is 1.32. The van der Waals surface area contributed by atoms with E-state index in [2.05, 4.69) is 20.7 Å². The molecule has 2 rings (SSSR count). The highest BCUT2D eigenvalue weighted by Crippen LogP contribution is 2.17. The molecule has 0 aliphatic carbocycles. The summed E-state index contributed by atoms with van der Waals surface area (Å²) in [4.78, 5) is 15.5. The molecule has 0 saturated carbocycles. The normalized spacial score (nSPS) is 11.9. The van der Waals surface area contributed by atoms with Crippen molar-refractivity contribution in [2.75, 3.05) is 11.9 Å². The van der Waals surface area contributed by atoms with Crippen molar-refractivity contribution in [1.29, 1.82) is 0 Å². The third-order valence-electron chi connectivity index (χ3n) is 2.57. The van der Waals surface area contributed by atoms with E-state index in [-0.39, 0.29) is 11.7 Å². The van der Waals surface area contributed by atoms with Gasteiger partial charge in [-0.2, -0.15) is 5.10 Å². The number of carbonyl (C=O) groups is 1. The quantitative estimate of drug-likeness (QED) is 0.742. The molecule has 8 heteroatoms. The van der Waals surface area contributed by atoms with Gasteiger partial charge in [0.15, 0.2) is 5.15 Å². The fourth-order valence-corrected chi connectivity index (χ4v) is 1.73. The Kier molecular flexibility index (Phi) is 4.54. The molecule has 1 unspecified atom stereocenters. The molecule has 7 nitrogen and oxygen atoms in total. The zero-order valence-electron chi connectivity index (χ0n) is 10.7. The summed E-state index contributed by atoms with van der Waals surface area (Å²) in [6.07, 6.45) is 3.93. The first-order valence-electron chi connectivity index (χ1n) is 5.88. The van der Waals surface area contributed by atoms with Gasteiger partial charge in [0.2, 0.25) is 0 Å². The number of aliphatic hydroxyl groups is 1. The summed E-state index contributed by atoms with van der Waals surface area (Å²) in [7, 11) is 1.75. The van der Waals surface area contributed by atoms with E-state index in [4.69, 9.17) is 11.6 Å². The molecule has 2 aromatic rings. The fraction of sp³-hybridized carbons (Fsp3) is 0.250. The lowest BCUT2D eigenvalue weighted by Gasteiger charge is -2.11. The molecule has 3 N–H and O–H groups in total. The topological polar surface area (TPSA) is 92.1 Å². The number of aromatic nitrogens is 3. The lowest BCUT2D eigenvalue weighted by molar-refractivity contribution is 0.175. The first-order valence-corrected chi connectivity index (χ1v) is 6.26. The molecule has 0 aliphatic heterocycles. The van der Waals surface area contributed by atoms with Crippen molar-refractivity contribution in [3.63, 3.8) is 0 Å². The van der Waals surface area contributed by atoms with Gasteiger partial charge in [-0.05, 0) is 12.1 Å². The number of urea groups is 1. The lowest BCUT2D eigenvalue weighted by Crippen LogP contribution is -2.32. The van der Waals surface area contributed by atoms with Crippen LogP contribution in [0.3, 0.4) is 0 Å².